The van der Waals surface area contributed by atoms with Gasteiger partial charge in [0.25, 0.3) is 0 Å². The summed E-state index contributed by atoms with van der Waals surface area (Å²) < 4.78 is 40.7. The van der Waals surface area contributed by atoms with Crippen LogP contribution in [0.2, 0.25) is 5.02 Å². The van der Waals surface area contributed by atoms with Gasteiger partial charge in [-0.25, -0.2) is 13.1 Å². The molecule has 35 heavy (non-hydrogen) atoms. The first-order valence-corrected chi connectivity index (χ1v) is 13.1. The van der Waals surface area contributed by atoms with Crippen molar-refractivity contribution in [2.45, 2.75) is 13.1 Å². The molecule has 4 aromatic rings. The summed E-state index contributed by atoms with van der Waals surface area (Å²) in [5, 5.41) is 5.45. The fraction of sp³-hybridized carbons (Fsp3) is 0.192. The lowest BCUT2D eigenvalue weighted by atomic mass is 10.1. The van der Waals surface area contributed by atoms with Crippen molar-refractivity contribution in [2.24, 2.45) is 0 Å². The molecule has 0 saturated heterocycles. The molecule has 0 fully saturated rings. The van der Waals surface area contributed by atoms with E-state index in [-0.39, 0.29) is 25.4 Å². The number of benzene rings is 3. The fourth-order valence-electron chi connectivity index (χ4n) is 4.18. The van der Waals surface area contributed by atoms with Crippen LogP contribution in [0.1, 0.15) is 11.3 Å². The summed E-state index contributed by atoms with van der Waals surface area (Å²) in [5.74, 6) is 1.20. The lowest BCUT2D eigenvalue weighted by molar-refractivity contribution is 0.334. The number of para-hydroxylation sites is 3. The van der Waals surface area contributed by atoms with E-state index in [1.165, 1.54) is 4.31 Å². The van der Waals surface area contributed by atoms with E-state index in [9.17, 15) is 8.42 Å². The Kier molecular flexibility index (Phi) is 6.51. The third-order valence-electron chi connectivity index (χ3n) is 5.90. The van der Waals surface area contributed by atoms with Crippen molar-refractivity contribution in [3.8, 4) is 28.4 Å². The molecule has 0 atom stereocenters. The van der Waals surface area contributed by atoms with Gasteiger partial charge < -0.3 is 9.47 Å². The SMILES string of the molecule is COc1ccccc1-n1nc2c(c1-c1ccc(Cl)cc1)CN(S(=O)(=O)CCOc1ccccc1)C2. The second kappa shape index (κ2) is 9.73. The van der Waals surface area contributed by atoms with Crippen LogP contribution in [0, 0.1) is 0 Å². The van der Waals surface area contributed by atoms with E-state index in [2.05, 4.69) is 0 Å². The molecule has 2 heterocycles. The smallest absolute Gasteiger partial charge is 0.218 e. The van der Waals surface area contributed by atoms with Crippen molar-refractivity contribution in [1.82, 2.24) is 14.1 Å². The zero-order valence-corrected chi connectivity index (χ0v) is 20.7. The molecule has 0 unspecified atom stereocenters. The molecule has 0 saturated carbocycles. The average Bonchev–Trinajstić information content (AvgIpc) is 3.44. The Bertz CT molecular complexity index is 1440. The minimum absolute atomic E-state index is 0.0751. The summed E-state index contributed by atoms with van der Waals surface area (Å²) >= 11 is 6.13. The lowest BCUT2D eigenvalue weighted by Gasteiger charge is -2.18. The highest BCUT2D eigenvalue weighted by molar-refractivity contribution is 7.89. The summed E-state index contributed by atoms with van der Waals surface area (Å²) in [6, 6.07) is 24.2. The fourth-order valence-corrected chi connectivity index (χ4v) is 5.50. The van der Waals surface area contributed by atoms with Gasteiger partial charge >= 0.3 is 0 Å². The molecular formula is C26H24ClN3O4S. The van der Waals surface area contributed by atoms with E-state index in [0.717, 1.165) is 22.5 Å². The zero-order chi connectivity index (χ0) is 24.4. The van der Waals surface area contributed by atoms with Crippen LogP contribution in [0.25, 0.3) is 16.9 Å². The van der Waals surface area contributed by atoms with E-state index in [0.29, 0.717) is 22.2 Å². The Hall–Kier alpha value is -3.33. The Morgan fingerprint density at radius 2 is 1.66 bits per heavy atom. The lowest BCUT2D eigenvalue weighted by Crippen LogP contribution is -2.31. The third kappa shape index (κ3) is 4.77. The number of halogens is 1. The second-order valence-electron chi connectivity index (χ2n) is 8.11. The molecule has 9 heteroatoms. The molecule has 0 radical (unpaired) electrons. The normalized spacial score (nSPS) is 13.5. The molecule has 5 rings (SSSR count). The predicted octanol–water partition coefficient (Wildman–Crippen LogP) is 4.93. The van der Waals surface area contributed by atoms with Gasteiger partial charge in [-0.15, -0.1) is 0 Å². The number of hydrogen-bond donors (Lipinski definition) is 0. The molecule has 180 valence electrons. The van der Waals surface area contributed by atoms with Crippen molar-refractivity contribution in [1.29, 1.82) is 0 Å². The first-order valence-electron chi connectivity index (χ1n) is 11.1. The summed E-state index contributed by atoms with van der Waals surface area (Å²) in [5.41, 5.74) is 4.07. The van der Waals surface area contributed by atoms with Crippen LogP contribution < -0.4 is 9.47 Å². The van der Waals surface area contributed by atoms with Crippen molar-refractivity contribution >= 4 is 21.6 Å². The molecule has 1 aromatic heterocycles. The molecule has 1 aliphatic heterocycles. The summed E-state index contributed by atoms with van der Waals surface area (Å²) in [4.78, 5) is 0. The van der Waals surface area contributed by atoms with Gasteiger partial charge in [0, 0.05) is 22.7 Å². The maximum Gasteiger partial charge on any atom is 0.218 e. The minimum Gasteiger partial charge on any atom is -0.494 e. The average molecular weight is 510 g/mol. The van der Waals surface area contributed by atoms with E-state index in [1.807, 2.05) is 71.4 Å². The van der Waals surface area contributed by atoms with Crippen LogP contribution in [0.5, 0.6) is 11.5 Å². The van der Waals surface area contributed by atoms with Gasteiger partial charge in [0.05, 0.1) is 30.8 Å². The summed E-state index contributed by atoms with van der Waals surface area (Å²) in [6.07, 6.45) is 0. The largest absolute Gasteiger partial charge is 0.494 e. The van der Waals surface area contributed by atoms with E-state index in [4.69, 9.17) is 26.2 Å². The van der Waals surface area contributed by atoms with Crippen LogP contribution in [0.15, 0.2) is 78.9 Å². The van der Waals surface area contributed by atoms with E-state index < -0.39 is 10.0 Å². The van der Waals surface area contributed by atoms with Gasteiger partial charge in [-0.05, 0) is 36.4 Å². The molecule has 0 amide bonds. The van der Waals surface area contributed by atoms with Gasteiger partial charge in [-0.2, -0.15) is 9.40 Å². The second-order valence-corrected chi connectivity index (χ2v) is 10.6. The Morgan fingerprint density at radius 1 is 0.943 bits per heavy atom. The molecular weight excluding hydrogens is 486 g/mol. The first kappa shape index (κ1) is 23.4. The van der Waals surface area contributed by atoms with Crippen LogP contribution in [-0.2, 0) is 23.1 Å². The maximum atomic E-state index is 13.1. The zero-order valence-electron chi connectivity index (χ0n) is 19.1. The number of aromatic nitrogens is 2. The standard InChI is InChI=1S/C26H24ClN3O4S/c1-33-25-10-6-5-9-24(25)30-26(19-11-13-20(27)14-12-19)22-17-29(18-23(22)28-30)35(31,32)16-15-34-21-7-3-2-4-8-21/h2-14H,15-18H2,1H3. The first-order chi connectivity index (χ1) is 17.0. The number of hydrogen-bond acceptors (Lipinski definition) is 5. The molecule has 0 N–H and O–H groups in total. The Labute approximate surface area is 209 Å². The highest BCUT2D eigenvalue weighted by atomic mass is 35.5. The number of fused-ring (bicyclic) bond motifs is 1. The Morgan fingerprint density at radius 3 is 2.40 bits per heavy atom. The van der Waals surface area contributed by atoms with Crippen molar-refractivity contribution in [2.75, 3.05) is 19.5 Å². The third-order valence-corrected chi connectivity index (χ3v) is 7.88. The van der Waals surface area contributed by atoms with Gasteiger partial charge in [-0.3, -0.25) is 0 Å². The number of nitrogens with zero attached hydrogens (tertiary/aromatic N) is 3. The molecule has 7 nitrogen and oxygen atoms in total. The Balaban J connectivity index is 1.45. The van der Waals surface area contributed by atoms with E-state index >= 15 is 0 Å². The van der Waals surface area contributed by atoms with Gasteiger partial charge in [0.1, 0.15) is 23.8 Å². The van der Waals surface area contributed by atoms with E-state index in [1.54, 1.807) is 19.2 Å². The highest BCUT2D eigenvalue weighted by Crippen LogP contribution is 2.37. The molecule has 0 bridgehead atoms. The number of ether oxygens (including phenoxy) is 2. The van der Waals surface area contributed by atoms with Gasteiger partial charge in [0.2, 0.25) is 10.0 Å². The number of methoxy groups -OCH3 is 1. The molecule has 1 aliphatic rings. The number of rotatable bonds is 8. The predicted molar refractivity (Wildman–Crippen MR) is 136 cm³/mol. The van der Waals surface area contributed by atoms with Crippen molar-refractivity contribution in [3.63, 3.8) is 0 Å². The van der Waals surface area contributed by atoms with Crippen LogP contribution in [0.4, 0.5) is 0 Å². The molecule has 0 spiro atoms. The van der Waals surface area contributed by atoms with Crippen molar-refractivity contribution < 1.29 is 17.9 Å². The quantitative estimate of drug-likeness (QED) is 0.337. The summed E-state index contributed by atoms with van der Waals surface area (Å²) in [6.45, 7) is 0.508. The number of sulfonamides is 1. The highest BCUT2D eigenvalue weighted by Gasteiger charge is 2.35. The van der Waals surface area contributed by atoms with Gasteiger partial charge in [0.15, 0.2) is 0 Å². The topological polar surface area (TPSA) is 73.7 Å². The minimum atomic E-state index is -3.55. The monoisotopic (exact) mass is 509 g/mol. The molecule has 3 aromatic carbocycles. The van der Waals surface area contributed by atoms with Gasteiger partial charge in [-0.1, -0.05) is 54.1 Å². The van der Waals surface area contributed by atoms with Crippen LogP contribution in [-0.4, -0.2) is 42.0 Å². The van der Waals surface area contributed by atoms with Crippen LogP contribution >= 0.6 is 11.6 Å². The van der Waals surface area contributed by atoms with Crippen LogP contribution in [0.3, 0.4) is 0 Å². The maximum absolute atomic E-state index is 13.1. The molecule has 0 aliphatic carbocycles. The van der Waals surface area contributed by atoms with Crippen molar-refractivity contribution in [3.05, 3.63) is 95.1 Å². The summed E-state index contributed by atoms with van der Waals surface area (Å²) in [7, 11) is -1.94.